The number of esters is 1. The largest absolute Gasteiger partial charge is 1.00 e. The van der Waals surface area contributed by atoms with Crippen LogP contribution in [0.1, 0.15) is 198 Å². The molecule has 6 aliphatic heterocycles. The first-order valence-electron chi connectivity index (χ1n) is 48.1. The van der Waals surface area contributed by atoms with Crippen molar-refractivity contribution in [3.8, 4) is 23.0 Å². The third-order valence-electron chi connectivity index (χ3n) is 24.8. The number of methoxy groups -OCH3 is 1. The quantitative estimate of drug-likeness (QED) is 0.00727. The predicted octanol–water partition coefficient (Wildman–Crippen LogP) is 10.6. The van der Waals surface area contributed by atoms with Crippen molar-refractivity contribution < 1.29 is 116 Å². The summed E-state index contributed by atoms with van der Waals surface area (Å²) in [6.45, 7) is 20.1. The Balaban J connectivity index is 0.000000260. The van der Waals surface area contributed by atoms with Crippen LogP contribution in [0.3, 0.4) is 0 Å². The molecule has 10 heterocycles. The van der Waals surface area contributed by atoms with Crippen LogP contribution in [0, 0.1) is 48.4 Å². The molecule has 149 heavy (non-hydrogen) atoms. The number of Topliss-reactive ketones (excluding diaryl/α,β-unsaturated/α-hetero) is 4. The van der Waals surface area contributed by atoms with Gasteiger partial charge in [-0.3, -0.25) is 67.9 Å². The molecule has 798 valence electrons. The zero-order chi connectivity index (χ0) is 104. The fourth-order valence-corrected chi connectivity index (χ4v) is 17.5. The summed E-state index contributed by atoms with van der Waals surface area (Å²) in [5.74, 6) is -4.94. The average molecular weight is 2150 g/mol. The fourth-order valence-electron chi connectivity index (χ4n) is 17.5. The van der Waals surface area contributed by atoms with E-state index in [-0.39, 0.29) is 239 Å². The molecule has 3 saturated heterocycles. The van der Waals surface area contributed by atoms with E-state index in [0.717, 1.165) is 78.5 Å². The average Bonchev–Trinajstić information content (AvgIpc) is 1.53. The van der Waals surface area contributed by atoms with E-state index in [2.05, 4.69) is 42.8 Å². The number of nitrogens with zero attached hydrogens (tertiary/aromatic N) is 9. The molecule has 6 aliphatic rings. The van der Waals surface area contributed by atoms with Gasteiger partial charge in [0.05, 0.1) is 55.5 Å². The molecule has 3 atom stereocenters. The monoisotopic (exact) mass is 2150 g/mol. The normalized spacial score (nSPS) is 14.8. The van der Waals surface area contributed by atoms with E-state index in [1.165, 1.54) is 77.9 Å². The van der Waals surface area contributed by atoms with Gasteiger partial charge >= 0.3 is 5.97 Å². The minimum absolute atomic E-state index is 0. The Morgan fingerprint density at radius 3 is 1.09 bits per heavy atom. The molecule has 0 aliphatic carbocycles. The standard InChI is InChI=1S/C30H32FN3O4.C26H24FN3O4.C25H22FNO6.C23H26FN3O4.C4H8O.C2H8N2.CH4.CH3.FH.Pd.H2/c1-20(2)16-32-14-15-34-26(32)18-33-17-24(25(35)13-10-21-8-11-23(31)12-9-21)28(36)29(27(33)30(34)37)38-19-22-6-4-3-5-7-22;27-19-9-6-17(7-10-19)8-11-21(31)20-14-29-15-22-28-12-13-30(22)26(33)23(29)25(24(20)32)34-16-18-4-2-1-3-5-18;1-32-25(31)22-24(33-16-18-5-3-2-4-6-18)23(30)20(15-27(22)13-14-28)21(29)12-9-17-7-10-19(26)11-8-17;1-14(2)11-25-9-10-27-19(25)13-26-12-17(21(29)22(30)20(26)23(27)31)18(28)8-5-15-3-6-16(24)7-4-15;1-4(2)3-5;3-1-2-4;;;;;/h3-9,11-12,17,20,26H,10,13-16,18-19H2,1-2H3;1-7,9-10,14,22,28H,8,11-13,15-16H2;2-8,10-11,14-15H,9,12-13,16H2,1H3;3-4,6-7,12,14,19,30H,5,8-11,13H2,1-2H3;3-4H,1-2H3;1-4H2;1H4;1H3;1H;;1H/q;;;;;;;-1;;;/p-1. The predicted molar refractivity (Wildman–Crippen MR) is 550 cm³/mol. The van der Waals surface area contributed by atoms with E-state index < -0.39 is 45.0 Å². The number of benzene rings is 7. The number of aldehydes is 2. The smallest absolute Gasteiger partial charge is 0.358 e. The number of aromatic nitrogens is 4. The van der Waals surface area contributed by atoms with Crippen LogP contribution in [0.5, 0.6) is 23.0 Å². The second kappa shape index (κ2) is 57.2. The molecule has 4 aromatic heterocycles. The van der Waals surface area contributed by atoms with Gasteiger partial charge in [0, 0.05) is 144 Å². The van der Waals surface area contributed by atoms with Crippen molar-refractivity contribution in [1.29, 1.82) is 0 Å². The van der Waals surface area contributed by atoms with E-state index in [4.69, 9.17) is 30.4 Å². The number of hydrogen-bond acceptors (Lipinski definition) is 24. The third kappa shape index (κ3) is 31.1. The van der Waals surface area contributed by atoms with E-state index >= 15 is 0 Å². The zero-order valence-electron chi connectivity index (χ0n) is 83.7. The summed E-state index contributed by atoms with van der Waals surface area (Å²) >= 11 is 0. The van der Waals surface area contributed by atoms with Gasteiger partial charge in [0.15, 0.2) is 68.9 Å². The first-order valence-corrected chi connectivity index (χ1v) is 48.1. The molecule has 7 aromatic carbocycles. The number of ketones is 4. The van der Waals surface area contributed by atoms with Crippen molar-refractivity contribution in [2.75, 3.05) is 72.6 Å². The maximum Gasteiger partial charge on any atom is 0.358 e. The van der Waals surface area contributed by atoms with Crippen LogP contribution in [0.4, 0.5) is 17.6 Å². The van der Waals surface area contributed by atoms with Crippen LogP contribution >= 0.6 is 0 Å². The number of rotatable bonds is 34. The van der Waals surface area contributed by atoms with Crippen LogP contribution in [0.2, 0.25) is 0 Å². The minimum atomic E-state index is -0.873. The molecule has 6 N–H and O–H groups in total. The Bertz CT molecular complexity index is 6710. The van der Waals surface area contributed by atoms with Crippen LogP contribution in [0.25, 0.3) is 0 Å². The number of aryl methyl sites for hydroxylation is 4. The molecule has 0 radical (unpaired) electrons. The number of halogens is 5. The molecule has 0 bridgehead atoms. The molecule has 11 aromatic rings. The number of carbonyl (C=O) groups is 10. The number of fused-ring (bicyclic) bond motifs is 6. The molecule has 3 fully saturated rings. The number of amides is 3. The summed E-state index contributed by atoms with van der Waals surface area (Å²) in [5.41, 5.74) is 12.4. The van der Waals surface area contributed by atoms with Crippen molar-refractivity contribution in [3.63, 3.8) is 0 Å². The van der Waals surface area contributed by atoms with Crippen molar-refractivity contribution in [2.24, 2.45) is 29.2 Å². The van der Waals surface area contributed by atoms with Gasteiger partial charge in [-0.05, 0) is 125 Å². The van der Waals surface area contributed by atoms with Crippen LogP contribution in [-0.4, -0.2) is 198 Å². The third-order valence-corrected chi connectivity index (χ3v) is 24.8. The molecule has 3 unspecified atom stereocenters. The Hall–Kier alpha value is -14.4. The molecule has 17 rings (SSSR count). The van der Waals surface area contributed by atoms with Gasteiger partial charge in [0.2, 0.25) is 21.7 Å². The number of pyridine rings is 4. The maximum absolute atomic E-state index is 13.7. The first-order chi connectivity index (χ1) is 69.7. The van der Waals surface area contributed by atoms with Gasteiger partial charge < -0.3 is 90.2 Å². The number of aromatic hydroxyl groups is 1. The van der Waals surface area contributed by atoms with Crippen molar-refractivity contribution in [2.45, 2.75) is 165 Å². The summed E-state index contributed by atoms with van der Waals surface area (Å²) in [5, 5.41) is 13.8. The van der Waals surface area contributed by atoms with Crippen LogP contribution < -0.4 is 57.4 Å². The van der Waals surface area contributed by atoms with E-state index in [1.54, 1.807) is 96.3 Å². The molecular formula is C112H129F5N12O19Pd-2. The van der Waals surface area contributed by atoms with Crippen molar-refractivity contribution >= 4 is 59.4 Å². The van der Waals surface area contributed by atoms with E-state index in [0.29, 0.717) is 96.3 Å². The van der Waals surface area contributed by atoms with Gasteiger partial charge in [0.25, 0.3) is 17.7 Å². The first kappa shape index (κ1) is 120. The van der Waals surface area contributed by atoms with Gasteiger partial charge in [-0.1, -0.05) is 188 Å². The number of carbonyl (C=O) groups excluding carboxylic acids is 10. The Morgan fingerprint density at radius 1 is 0.436 bits per heavy atom. The SMILES string of the molecule is C.CC(C)C=O.CC(C)CN1CCN2C(=O)c3c(O)c(=O)c(C(=O)CCc4ccc(F)cc4)cn3CC12.CC(C)CN1CCN2C(=O)c3c(OCc4ccccc4)c(=O)c(C(=O)CCc4ccc(F)cc4)cn3CC12.COC(=O)c1c(OCc2ccccc2)c(=O)c(C(=O)CCc2ccc(F)cc2)cn1CC=O.NCCN.O=C(CCc1ccc(F)cc1)c1cn2c(c(OCc3ccccc3)c1=O)C(=O)N1CCNC1C2.[CH3-].[F-].[HH].[Pd]. The topological polar surface area (TPSA) is 396 Å². The van der Waals surface area contributed by atoms with Crippen molar-refractivity contribution in [1.82, 2.24) is 48.1 Å². The fraction of sp³-hybridized carbons (Fsp3) is 0.348. The van der Waals surface area contributed by atoms with Gasteiger partial charge in [0.1, 0.15) is 74.2 Å². The van der Waals surface area contributed by atoms with Gasteiger partial charge in [-0.2, -0.15) is 0 Å². The molecular weight excluding hydrogens is 2020 g/mol. The van der Waals surface area contributed by atoms with E-state index in [9.17, 15) is 89.8 Å². The Kier molecular flexibility index (Phi) is 46.0. The zero-order valence-corrected chi connectivity index (χ0v) is 85.2. The second-order valence-corrected chi connectivity index (χ2v) is 36.7. The van der Waals surface area contributed by atoms with Crippen LogP contribution in [0.15, 0.2) is 232 Å². The Labute approximate surface area is 876 Å². The maximum atomic E-state index is 13.7. The summed E-state index contributed by atoms with van der Waals surface area (Å²) in [6, 6.07) is 51.1. The Morgan fingerprint density at radius 2 is 0.752 bits per heavy atom. The number of nitrogens with one attached hydrogen (secondary N) is 1. The van der Waals surface area contributed by atoms with Gasteiger partial charge in [-0.25, -0.2) is 22.4 Å². The van der Waals surface area contributed by atoms with E-state index in [1.807, 2.05) is 85.5 Å². The van der Waals surface area contributed by atoms with Crippen molar-refractivity contribution in [3.05, 3.63) is 368 Å². The number of ether oxygens (including phenoxy) is 4. The molecule has 0 spiro atoms. The molecule has 31 nitrogen and oxygen atoms in total. The molecule has 0 saturated carbocycles. The van der Waals surface area contributed by atoms with Gasteiger partial charge in [-0.15, -0.1) is 0 Å². The summed E-state index contributed by atoms with van der Waals surface area (Å²) in [6.07, 6.45) is 8.11. The number of hydrogen-bond donors (Lipinski definition) is 4. The summed E-state index contributed by atoms with van der Waals surface area (Å²) in [7, 11) is 1.14. The molecule has 3 amide bonds. The summed E-state index contributed by atoms with van der Waals surface area (Å²) in [4.78, 5) is 188. The van der Waals surface area contributed by atoms with Crippen LogP contribution in [-0.2, 0) is 106 Å². The number of nitrogens with two attached hydrogens (primary N) is 2. The minimum Gasteiger partial charge on any atom is -1.00 e. The second-order valence-electron chi connectivity index (χ2n) is 36.7. The molecule has 37 heteroatoms. The summed E-state index contributed by atoms with van der Waals surface area (Å²) < 4.78 is 81.1.